The molecule has 33 heavy (non-hydrogen) atoms. The Morgan fingerprint density at radius 2 is 1.94 bits per heavy atom. The molecule has 1 heterocycles. The molecule has 3 rings (SSSR count). The van der Waals surface area contributed by atoms with Crippen molar-refractivity contribution in [3.63, 3.8) is 0 Å². The Hall–Kier alpha value is -3.14. The summed E-state index contributed by atoms with van der Waals surface area (Å²) >= 11 is 6.34. The van der Waals surface area contributed by atoms with Crippen LogP contribution >= 0.6 is 11.6 Å². The van der Waals surface area contributed by atoms with Crippen LogP contribution in [0.2, 0.25) is 5.02 Å². The number of methoxy groups -OCH3 is 1. The summed E-state index contributed by atoms with van der Waals surface area (Å²) in [5, 5.41) is 11.8. The number of hydrogen-bond donors (Lipinski definition) is 2. The zero-order valence-corrected chi connectivity index (χ0v) is 19.0. The van der Waals surface area contributed by atoms with Crippen molar-refractivity contribution in [2.75, 3.05) is 51.5 Å². The van der Waals surface area contributed by atoms with Crippen molar-refractivity contribution in [1.29, 1.82) is 0 Å². The maximum Gasteiger partial charge on any atom is 0.260 e. The first-order valence-corrected chi connectivity index (χ1v) is 10.8. The van der Waals surface area contributed by atoms with Gasteiger partial charge in [0.15, 0.2) is 0 Å². The minimum Gasteiger partial charge on any atom is -0.491 e. The van der Waals surface area contributed by atoms with Crippen LogP contribution < -0.4 is 15.0 Å². The number of ether oxygens (including phenoxy) is 2. The number of aliphatic hydroxyl groups excluding tert-OH is 1. The molecule has 0 saturated heterocycles. The molecule has 2 aromatic rings. The molecule has 0 aromatic heterocycles. The summed E-state index contributed by atoms with van der Waals surface area (Å²) in [6, 6.07) is 11.8. The van der Waals surface area contributed by atoms with Gasteiger partial charge in [0.1, 0.15) is 18.9 Å². The lowest BCUT2D eigenvalue weighted by molar-refractivity contribution is -0.135. The van der Waals surface area contributed by atoms with Crippen LogP contribution in [0.3, 0.4) is 0 Å². The van der Waals surface area contributed by atoms with Gasteiger partial charge in [-0.05, 0) is 29.8 Å². The Balaban J connectivity index is 1.83. The van der Waals surface area contributed by atoms with Crippen molar-refractivity contribution < 1.29 is 29.0 Å². The average Bonchev–Trinajstić information content (AvgIpc) is 2.94. The Morgan fingerprint density at radius 3 is 2.67 bits per heavy atom. The van der Waals surface area contributed by atoms with Crippen LogP contribution in [0.5, 0.6) is 5.75 Å². The van der Waals surface area contributed by atoms with E-state index in [1.807, 2.05) is 12.1 Å². The monoisotopic (exact) mass is 475 g/mol. The first-order chi connectivity index (χ1) is 15.9. The van der Waals surface area contributed by atoms with Crippen LogP contribution in [-0.4, -0.2) is 74.3 Å². The summed E-state index contributed by atoms with van der Waals surface area (Å²) in [5.41, 5.74) is 1.52. The molecule has 10 heteroatoms. The Bertz CT molecular complexity index is 1020. The van der Waals surface area contributed by atoms with Gasteiger partial charge in [0, 0.05) is 25.9 Å². The predicted molar refractivity (Wildman–Crippen MR) is 122 cm³/mol. The van der Waals surface area contributed by atoms with E-state index in [0.29, 0.717) is 24.6 Å². The molecule has 2 N–H and O–H groups in total. The molecule has 0 unspecified atom stereocenters. The van der Waals surface area contributed by atoms with E-state index < -0.39 is 5.91 Å². The molecular formula is C23H26ClN3O6. The minimum atomic E-state index is -0.444. The second-order valence-corrected chi connectivity index (χ2v) is 7.73. The standard InChI is InChI=1S/C23H26ClN3O6/c1-32-10-8-25-21(29)14-26-13-16-4-2-3-5-20(16)27(15-22(26)30)23(31)18-7-6-17(12-19(18)24)33-11-9-28/h2-7,12,28H,8-11,13-15H2,1H3,(H,25,29). The molecule has 1 aliphatic rings. The predicted octanol–water partition coefficient (Wildman–Crippen LogP) is 1.46. The highest BCUT2D eigenvalue weighted by molar-refractivity contribution is 6.34. The number of benzene rings is 2. The Kier molecular flexibility index (Phi) is 8.65. The van der Waals surface area contributed by atoms with Gasteiger partial charge in [-0.15, -0.1) is 0 Å². The van der Waals surface area contributed by atoms with E-state index in [1.54, 1.807) is 18.2 Å². The van der Waals surface area contributed by atoms with E-state index in [-0.39, 0.29) is 55.2 Å². The third kappa shape index (κ3) is 6.22. The number of amides is 3. The summed E-state index contributed by atoms with van der Waals surface area (Å²) in [5.74, 6) is -0.691. The maximum absolute atomic E-state index is 13.4. The van der Waals surface area contributed by atoms with Crippen LogP contribution in [0.1, 0.15) is 15.9 Å². The van der Waals surface area contributed by atoms with E-state index >= 15 is 0 Å². The van der Waals surface area contributed by atoms with Crippen LogP contribution in [0.15, 0.2) is 42.5 Å². The number of rotatable bonds is 9. The normalized spacial score (nSPS) is 13.4. The molecule has 1 aliphatic heterocycles. The van der Waals surface area contributed by atoms with Gasteiger partial charge in [-0.2, -0.15) is 0 Å². The van der Waals surface area contributed by atoms with Crippen molar-refractivity contribution in [3.8, 4) is 5.75 Å². The van der Waals surface area contributed by atoms with Crippen LogP contribution in [0, 0.1) is 0 Å². The second kappa shape index (κ2) is 11.6. The molecule has 0 radical (unpaired) electrons. The van der Waals surface area contributed by atoms with Gasteiger partial charge in [-0.25, -0.2) is 0 Å². The van der Waals surface area contributed by atoms with E-state index in [0.717, 1.165) is 5.56 Å². The summed E-state index contributed by atoms with van der Waals surface area (Å²) in [6.07, 6.45) is 0. The molecular weight excluding hydrogens is 450 g/mol. The SMILES string of the molecule is COCCNC(=O)CN1Cc2ccccc2N(C(=O)c2ccc(OCCO)cc2Cl)CC1=O. The Labute approximate surface area is 196 Å². The number of carbonyl (C=O) groups excluding carboxylic acids is 3. The molecule has 0 atom stereocenters. The van der Waals surface area contributed by atoms with Crippen molar-refractivity contribution in [1.82, 2.24) is 10.2 Å². The number of anilines is 1. The summed E-state index contributed by atoms with van der Waals surface area (Å²) in [6.45, 7) is 0.498. The largest absolute Gasteiger partial charge is 0.491 e. The fourth-order valence-corrected chi connectivity index (χ4v) is 3.69. The first-order valence-electron chi connectivity index (χ1n) is 10.4. The van der Waals surface area contributed by atoms with Gasteiger partial charge in [-0.3, -0.25) is 19.3 Å². The molecule has 0 fully saturated rings. The zero-order valence-electron chi connectivity index (χ0n) is 18.3. The quantitative estimate of drug-likeness (QED) is 0.532. The third-order valence-corrected chi connectivity index (χ3v) is 5.34. The van der Waals surface area contributed by atoms with Crippen molar-refractivity contribution in [2.45, 2.75) is 6.54 Å². The van der Waals surface area contributed by atoms with Gasteiger partial charge in [0.25, 0.3) is 5.91 Å². The lowest BCUT2D eigenvalue weighted by Crippen LogP contribution is -2.44. The average molecular weight is 476 g/mol. The highest BCUT2D eigenvalue weighted by Crippen LogP contribution is 2.30. The van der Waals surface area contributed by atoms with E-state index in [1.165, 1.54) is 29.0 Å². The third-order valence-electron chi connectivity index (χ3n) is 5.03. The van der Waals surface area contributed by atoms with Crippen LogP contribution in [0.25, 0.3) is 0 Å². The number of hydrogen-bond acceptors (Lipinski definition) is 6. The maximum atomic E-state index is 13.4. The summed E-state index contributed by atoms with van der Waals surface area (Å²) < 4.78 is 10.2. The molecule has 176 valence electrons. The molecule has 0 bridgehead atoms. The summed E-state index contributed by atoms with van der Waals surface area (Å²) in [7, 11) is 1.54. The number of aliphatic hydroxyl groups is 1. The lowest BCUT2D eigenvalue weighted by atomic mass is 10.1. The topological polar surface area (TPSA) is 108 Å². The molecule has 0 aliphatic carbocycles. The first kappa shape index (κ1) is 24.5. The van der Waals surface area contributed by atoms with Crippen LogP contribution in [0.4, 0.5) is 5.69 Å². The van der Waals surface area contributed by atoms with Gasteiger partial charge in [0.2, 0.25) is 11.8 Å². The highest BCUT2D eigenvalue weighted by Gasteiger charge is 2.31. The smallest absolute Gasteiger partial charge is 0.260 e. The van der Waals surface area contributed by atoms with Gasteiger partial charge >= 0.3 is 0 Å². The molecule has 0 saturated carbocycles. The van der Waals surface area contributed by atoms with E-state index in [2.05, 4.69) is 5.32 Å². The van der Waals surface area contributed by atoms with E-state index in [4.69, 9.17) is 26.2 Å². The van der Waals surface area contributed by atoms with Crippen molar-refractivity contribution in [2.24, 2.45) is 0 Å². The number of para-hydroxylation sites is 1. The second-order valence-electron chi connectivity index (χ2n) is 7.33. The van der Waals surface area contributed by atoms with Crippen molar-refractivity contribution in [3.05, 3.63) is 58.6 Å². The number of halogens is 1. The van der Waals surface area contributed by atoms with Gasteiger partial charge in [-0.1, -0.05) is 29.8 Å². The molecule has 9 nitrogen and oxygen atoms in total. The van der Waals surface area contributed by atoms with Crippen molar-refractivity contribution >= 4 is 35.0 Å². The highest BCUT2D eigenvalue weighted by atomic mass is 35.5. The molecule has 0 spiro atoms. The minimum absolute atomic E-state index is 0.104. The number of nitrogens with zero attached hydrogens (tertiary/aromatic N) is 2. The molecule has 2 aromatic carbocycles. The summed E-state index contributed by atoms with van der Waals surface area (Å²) in [4.78, 5) is 41.5. The van der Waals surface area contributed by atoms with Gasteiger partial charge in [0.05, 0.1) is 30.3 Å². The number of nitrogens with one attached hydrogen (secondary N) is 1. The lowest BCUT2D eigenvalue weighted by Gasteiger charge is -2.23. The number of fused-ring (bicyclic) bond motifs is 1. The van der Waals surface area contributed by atoms with Gasteiger partial charge < -0.3 is 24.8 Å². The van der Waals surface area contributed by atoms with Crippen LogP contribution in [-0.2, 0) is 20.9 Å². The fourth-order valence-electron chi connectivity index (χ4n) is 3.44. The van der Waals surface area contributed by atoms with E-state index in [9.17, 15) is 14.4 Å². The fraction of sp³-hybridized carbons (Fsp3) is 0.348. The molecule has 3 amide bonds. The number of carbonyl (C=O) groups is 3. The Morgan fingerprint density at radius 1 is 1.15 bits per heavy atom. The zero-order chi connectivity index (χ0) is 23.8.